The van der Waals surface area contributed by atoms with Crippen molar-refractivity contribution in [2.45, 2.75) is 57.9 Å². The molecule has 3 N–H and O–H groups in total. The van der Waals surface area contributed by atoms with E-state index in [0.717, 1.165) is 31.4 Å². The number of imidazole rings is 1. The summed E-state index contributed by atoms with van der Waals surface area (Å²) in [4.78, 5) is 34.6. The molecule has 1 aromatic carbocycles. The van der Waals surface area contributed by atoms with Gasteiger partial charge in [-0.25, -0.2) is 19.3 Å². The molecular formula is C31H34FN7O3. The molecule has 10 nitrogen and oxygen atoms in total. The number of nitrogens with zero attached hydrogens (tertiary/aromatic N) is 4. The third-order valence-electron chi connectivity index (χ3n) is 7.72. The number of hydrogen-bond acceptors (Lipinski definition) is 8. The van der Waals surface area contributed by atoms with Crippen molar-refractivity contribution in [2.24, 2.45) is 5.41 Å². The largest absolute Gasteiger partial charge is 0.353 e. The molecule has 1 aliphatic heterocycles. The monoisotopic (exact) mass is 571 g/mol. The number of aromatic nitrogens is 5. The number of carbonyl (C=O) groups excluding carboxylic acids is 1. The van der Waals surface area contributed by atoms with Crippen molar-refractivity contribution in [1.82, 2.24) is 30.2 Å². The van der Waals surface area contributed by atoms with E-state index < -0.39 is 11.7 Å². The van der Waals surface area contributed by atoms with E-state index >= 15 is 0 Å². The Bertz CT molecular complexity index is 1500. The van der Waals surface area contributed by atoms with E-state index in [4.69, 9.17) is 19.4 Å². The van der Waals surface area contributed by atoms with Crippen LogP contribution in [0, 0.1) is 11.2 Å². The van der Waals surface area contributed by atoms with E-state index in [0.29, 0.717) is 41.0 Å². The first-order chi connectivity index (χ1) is 20.5. The van der Waals surface area contributed by atoms with Crippen molar-refractivity contribution in [3.63, 3.8) is 0 Å². The first-order valence-electron chi connectivity index (χ1n) is 14.3. The quantitative estimate of drug-likeness (QED) is 0.264. The number of anilines is 1. The van der Waals surface area contributed by atoms with Gasteiger partial charge in [0.2, 0.25) is 18.1 Å². The maximum Gasteiger partial charge on any atom is 0.230 e. The summed E-state index contributed by atoms with van der Waals surface area (Å²) in [6.45, 7) is 2.69. The van der Waals surface area contributed by atoms with Gasteiger partial charge in [-0.05, 0) is 62.2 Å². The summed E-state index contributed by atoms with van der Waals surface area (Å²) >= 11 is 0. The highest BCUT2D eigenvalue weighted by Crippen LogP contribution is 2.36. The van der Waals surface area contributed by atoms with Gasteiger partial charge in [-0.15, -0.1) is 0 Å². The van der Waals surface area contributed by atoms with Crippen molar-refractivity contribution in [2.75, 3.05) is 18.5 Å². The average Bonchev–Trinajstić information content (AvgIpc) is 3.47. The van der Waals surface area contributed by atoms with Crippen LogP contribution in [0.1, 0.15) is 56.8 Å². The molecule has 4 aromatic rings. The van der Waals surface area contributed by atoms with Crippen molar-refractivity contribution >= 4 is 11.9 Å². The molecule has 1 aliphatic carbocycles. The smallest absolute Gasteiger partial charge is 0.230 e. The van der Waals surface area contributed by atoms with Crippen LogP contribution in [0.3, 0.4) is 0 Å². The van der Waals surface area contributed by atoms with E-state index in [1.54, 1.807) is 30.6 Å². The first-order valence-corrected chi connectivity index (χ1v) is 14.3. The SMILES string of the molecule is CC1(C(=O)NC2CCCCC2)COC(c2nc(-c3ccc(F)cc3)c(-c3ccnc(NCc4ccccn4)n3)[nH]2)OC1. The molecule has 2 aliphatic rings. The lowest BCUT2D eigenvalue weighted by molar-refractivity contribution is -0.231. The third kappa shape index (κ3) is 6.32. The zero-order valence-electron chi connectivity index (χ0n) is 23.5. The van der Waals surface area contributed by atoms with Gasteiger partial charge in [-0.1, -0.05) is 25.3 Å². The van der Waals surface area contributed by atoms with Crippen molar-refractivity contribution in [1.29, 1.82) is 0 Å². The van der Waals surface area contributed by atoms with Gasteiger partial charge in [-0.3, -0.25) is 9.78 Å². The van der Waals surface area contributed by atoms with Crippen LogP contribution in [0.5, 0.6) is 0 Å². The number of H-pyrrole nitrogens is 1. The van der Waals surface area contributed by atoms with E-state index in [9.17, 15) is 9.18 Å². The minimum atomic E-state index is -0.808. The Labute approximate surface area is 243 Å². The van der Waals surface area contributed by atoms with Crippen LogP contribution in [-0.4, -0.2) is 50.1 Å². The van der Waals surface area contributed by atoms with Gasteiger partial charge < -0.3 is 25.1 Å². The molecule has 218 valence electrons. The number of hydrogen-bond donors (Lipinski definition) is 3. The number of carbonyl (C=O) groups is 1. The zero-order valence-corrected chi connectivity index (χ0v) is 23.5. The number of aromatic amines is 1. The van der Waals surface area contributed by atoms with Crippen LogP contribution in [0.2, 0.25) is 0 Å². The van der Waals surface area contributed by atoms with E-state index in [1.165, 1.54) is 18.6 Å². The van der Waals surface area contributed by atoms with E-state index in [2.05, 4.69) is 25.6 Å². The normalized spacial score (nSPS) is 21.1. The second kappa shape index (κ2) is 12.3. The Balaban J connectivity index is 1.22. The maximum atomic E-state index is 13.8. The molecule has 0 unspecified atom stereocenters. The Kier molecular flexibility index (Phi) is 8.20. The summed E-state index contributed by atoms with van der Waals surface area (Å²) in [5.41, 5.74) is 2.50. The predicted molar refractivity (Wildman–Crippen MR) is 154 cm³/mol. The molecule has 1 saturated carbocycles. The average molecular weight is 572 g/mol. The lowest BCUT2D eigenvalue weighted by Crippen LogP contribution is -2.51. The van der Waals surface area contributed by atoms with Gasteiger partial charge in [-0.2, -0.15) is 0 Å². The number of pyridine rings is 1. The summed E-state index contributed by atoms with van der Waals surface area (Å²) in [6, 6.07) is 13.8. The topological polar surface area (TPSA) is 127 Å². The van der Waals surface area contributed by atoms with Gasteiger partial charge in [0, 0.05) is 24.0 Å². The van der Waals surface area contributed by atoms with Gasteiger partial charge in [0.05, 0.1) is 47.9 Å². The molecule has 2 fully saturated rings. The fourth-order valence-electron chi connectivity index (χ4n) is 5.27. The molecule has 0 radical (unpaired) electrons. The number of halogens is 1. The van der Waals surface area contributed by atoms with E-state index in [1.807, 2.05) is 25.1 Å². The Morgan fingerprint density at radius 2 is 1.79 bits per heavy atom. The van der Waals surface area contributed by atoms with Crippen molar-refractivity contribution in [3.05, 3.63) is 78.3 Å². The number of rotatable bonds is 8. The number of benzene rings is 1. The highest BCUT2D eigenvalue weighted by atomic mass is 19.1. The molecule has 3 aromatic heterocycles. The summed E-state index contributed by atoms with van der Waals surface area (Å²) in [6.07, 6.45) is 8.11. The molecule has 0 spiro atoms. The van der Waals surface area contributed by atoms with Crippen LogP contribution >= 0.6 is 0 Å². The Morgan fingerprint density at radius 1 is 1.00 bits per heavy atom. The third-order valence-corrected chi connectivity index (χ3v) is 7.72. The standard InChI is InChI=1S/C31H34FN7O3/c1-31(29(40)36-22-7-3-2-4-8-22)18-41-28(42-19-31)27-38-25(20-10-12-21(32)13-11-20)26(39-27)24-14-16-34-30(37-24)35-17-23-9-5-6-15-33-23/h5-6,9-16,22,28H,2-4,7-8,17-19H2,1H3,(H,36,40)(H,38,39)(H,34,35,37). The Morgan fingerprint density at radius 3 is 2.52 bits per heavy atom. The fraction of sp³-hybridized carbons (Fsp3) is 0.387. The van der Waals surface area contributed by atoms with Gasteiger partial charge in [0.15, 0.2) is 5.82 Å². The van der Waals surface area contributed by atoms with Crippen LogP contribution in [0.25, 0.3) is 22.6 Å². The minimum absolute atomic E-state index is 0.0493. The summed E-state index contributed by atoms with van der Waals surface area (Å²) in [5, 5.41) is 6.39. The number of ether oxygens (including phenoxy) is 2. The highest BCUT2D eigenvalue weighted by Gasteiger charge is 2.41. The Hall–Kier alpha value is -4.22. The lowest BCUT2D eigenvalue weighted by Gasteiger charge is -2.37. The van der Waals surface area contributed by atoms with Gasteiger partial charge in [0.1, 0.15) is 5.82 Å². The van der Waals surface area contributed by atoms with Gasteiger partial charge >= 0.3 is 0 Å². The minimum Gasteiger partial charge on any atom is -0.353 e. The van der Waals surface area contributed by atoms with Crippen LogP contribution in [0.4, 0.5) is 10.3 Å². The summed E-state index contributed by atoms with van der Waals surface area (Å²) in [7, 11) is 0. The summed E-state index contributed by atoms with van der Waals surface area (Å²) in [5.74, 6) is 0.459. The molecule has 0 atom stereocenters. The first kappa shape index (κ1) is 27.9. The molecular weight excluding hydrogens is 537 g/mol. The summed E-state index contributed by atoms with van der Waals surface area (Å²) < 4.78 is 25.9. The van der Waals surface area contributed by atoms with Crippen molar-refractivity contribution < 1.29 is 18.7 Å². The molecule has 1 saturated heterocycles. The second-order valence-corrected chi connectivity index (χ2v) is 11.1. The second-order valence-electron chi connectivity index (χ2n) is 11.1. The maximum absolute atomic E-state index is 13.8. The molecule has 11 heteroatoms. The molecule has 1 amide bonds. The van der Waals surface area contributed by atoms with Crippen LogP contribution in [0.15, 0.2) is 60.9 Å². The number of amides is 1. The molecule has 4 heterocycles. The molecule has 42 heavy (non-hydrogen) atoms. The predicted octanol–water partition coefficient (Wildman–Crippen LogP) is 5.18. The number of nitrogens with one attached hydrogen (secondary N) is 3. The zero-order chi connectivity index (χ0) is 28.9. The van der Waals surface area contributed by atoms with Crippen LogP contribution in [-0.2, 0) is 20.8 Å². The van der Waals surface area contributed by atoms with Crippen molar-refractivity contribution in [3.8, 4) is 22.6 Å². The van der Waals surface area contributed by atoms with Gasteiger partial charge in [0.25, 0.3) is 0 Å². The lowest BCUT2D eigenvalue weighted by atomic mass is 9.89. The fourth-order valence-corrected chi connectivity index (χ4v) is 5.27. The van der Waals surface area contributed by atoms with Crippen LogP contribution < -0.4 is 10.6 Å². The molecule has 0 bridgehead atoms. The molecule has 6 rings (SSSR count). The van der Waals surface area contributed by atoms with E-state index in [-0.39, 0.29) is 31.0 Å². The highest BCUT2D eigenvalue weighted by molar-refractivity contribution is 5.83.